The van der Waals surface area contributed by atoms with Crippen LogP contribution in [0.5, 0.6) is 0 Å². The Hall–Kier alpha value is -1.30. The number of carboxylic acids is 1. The van der Waals surface area contributed by atoms with Crippen LogP contribution >= 0.6 is 0 Å². The Morgan fingerprint density at radius 1 is 1.30 bits per heavy atom. The second kappa shape index (κ2) is 8.09. The van der Waals surface area contributed by atoms with Crippen molar-refractivity contribution in [3.8, 4) is 0 Å². The molecule has 1 aliphatic heterocycles. The fourth-order valence-corrected chi connectivity index (χ4v) is 2.52. The standard InChI is InChI=1S/C14H26N2O4/c1-10(2)12(8-13(18)19)15-14(20)16-7-5-3-4-6-11(16)9-17/h10-12,17H,3-9H2,1-2H3,(H,15,20)(H,18,19). The van der Waals surface area contributed by atoms with Gasteiger partial charge < -0.3 is 20.4 Å². The summed E-state index contributed by atoms with van der Waals surface area (Å²) in [6.45, 7) is 4.35. The van der Waals surface area contributed by atoms with E-state index in [0.717, 1.165) is 25.7 Å². The first-order valence-electron chi connectivity index (χ1n) is 7.35. The fourth-order valence-electron chi connectivity index (χ4n) is 2.52. The molecule has 0 aromatic carbocycles. The predicted octanol–water partition coefficient (Wildman–Crippen LogP) is 1.43. The summed E-state index contributed by atoms with van der Waals surface area (Å²) >= 11 is 0. The number of aliphatic carboxylic acids is 1. The number of carbonyl (C=O) groups excluding carboxylic acids is 1. The minimum atomic E-state index is -0.918. The Morgan fingerprint density at radius 3 is 2.55 bits per heavy atom. The molecule has 1 heterocycles. The van der Waals surface area contributed by atoms with Crippen molar-refractivity contribution in [1.82, 2.24) is 10.2 Å². The maximum atomic E-state index is 12.3. The van der Waals surface area contributed by atoms with Crippen molar-refractivity contribution in [3.63, 3.8) is 0 Å². The van der Waals surface area contributed by atoms with Crippen molar-refractivity contribution in [2.75, 3.05) is 13.2 Å². The van der Waals surface area contributed by atoms with Crippen molar-refractivity contribution in [2.45, 2.75) is 58.0 Å². The average Bonchev–Trinajstić information content (AvgIpc) is 2.62. The van der Waals surface area contributed by atoms with Gasteiger partial charge in [-0.15, -0.1) is 0 Å². The molecule has 0 spiro atoms. The molecule has 0 saturated carbocycles. The van der Waals surface area contributed by atoms with Gasteiger partial charge in [0, 0.05) is 12.6 Å². The highest BCUT2D eigenvalue weighted by Gasteiger charge is 2.27. The number of hydrogen-bond acceptors (Lipinski definition) is 3. The SMILES string of the molecule is CC(C)C(CC(=O)O)NC(=O)N1CCCCCC1CO. The van der Waals surface area contributed by atoms with Crippen molar-refractivity contribution in [3.05, 3.63) is 0 Å². The highest BCUT2D eigenvalue weighted by atomic mass is 16.4. The van der Waals surface area contributed by atoms with E-state index in [1.807, 2.05) is 13.8 Å². The molecule has 6 nitrogen and oxygen atoms in total. The summed E-state index contributed by atoms with van der Waals surface area (Å²) in [7, 11) is 0. The average molecular weight is 286 g/mol. The van der Waals surface area contributed by atoms with Crippen LogP contribution < -0.4 is 5.32 Å². The second-order valence-corrected chi connectivity index (χ2v) is 5.78. The van der Waals surface area contributed by atoms with Crippen molar-refractivity contribution >= 4 is 12.0 Å². The molecule has 116 valence electrons. The van der Waals surface area contributed by atoms with Crippen molar-refractivity contribution in [1.29, 1.82) is 0 Å². The fraction of sp³-hybridized carbons (Fsp3) is 0.857. The highest BCUT2D eigenvalue weighted by Crippen LogP contribution is 2.17. The summed E-state index contributed by atoms with van der Waals surface area (Å²) in [6, 6.07) is -0.802. The van der Waals surface area contributed by atoms with E-state index in [-0.39, 0.29) is 37.1 Å². The predicted molar refractivity (Wildman–Crippen MR) is 75.5 cm³/mol. The minimum absolute atomic E-state index is 0.0430. The third-order valence-corrected chi connectivity index (χ3v) is 3.86. The maximum Gasteiger partial charge on any atom is 0.317 e. The molecule has 3 N–H and O–H groups in total. The Morgan fingerprint density at radius 2 is 2.00 bits per heavy atom. The van der Waals surface area contributed by atoms with Crippen LogP contribution in [0.25, 0.3) is 0 Å². The molecule has 20 heavy (non-hydrogen) atoms. The van der Waals surface area contributed by atoms with E-state index >= 15 is 0 Å². The lowest BCUT2D eigenvalue weighted by Crippen LogP contribution is -2.51. The van der Waals surface area contributed by atoms with Gasteiger partial charge in [-0.05, 0) is 18.8 Å². The number of aliphatic hydroxyl groups is 1. The maximum absolute atomic E-state index is 12.3. The van der Waals surface area contributed by atoms with Crippen LogP contribution in [0.15, 0.2) is 0 Å². The van der Waals surface area contributed by atoms with Crippen LogP contribution in [-0.2, 0) is 4.79 Å². The van der Waals surface area contributed by atoms with Crippen molar-refractivity contribution < 1.29 is 19.8 Å². The Kier molecular flexibility index (Phi) is 6.78. The molecule has 1 aliphatic rings. The van der Waals surface area contributed by atoms with Gasteiger partial charge in [0.05, 0.1) is 19.1 Å². The number of nitrogens with zero attached hydrogens (tertiary/aromatic N) is 1. The number of likely N-dealkylation sites (tertiary alicyclic amines) is 1. The molecular weight excluding hydrogens is 260 g/mol. The van der Waals surface area contributed by atoms with Gasteiger partial charge >= 0.3 is 12.0 Å². The summed E-state index contributed by atoms with van der Waals surface area (Å²) in [5, 5.41) is 21.1. The van der Waals surface area contributed by atoms with Gasteiger partial charge in [-0.3, -0.25) is 4.79 Å². The second-order valence-electron chi connectivity index (χ2n) is 5.78. The molecule has 0 aromatic heterocycles. The molecule has 0 bridgehead atoms. The molecule has 0 radical (unpaired) electrons. The number of carbonyl (C=O) groups is 2. The molecule has 0 aromatic rings. The van der Waals surface area contributed by atoms with E-state index < -0.39 is 5.97 Å². The van der Waals surface area contributed by atoms with Crippen LogP contribution in [0.3, 0.4) is 0 Å². The topological polar surface area (TPSA) is 89.9 Å². The van der Waals surface area contributed by atoms with Crippen LogP contribution in [0.4, 0.5) is 4.79 Å². The summed E-state index contributed by atoms with van der Waals surface area (Å²) in [6.07, 6.45) is 3.71. The van der Waals surface area contributed by atoms with E-state index in [9.17, 15) is 14.7 Å². The molecule has 1 fully saturated rings. The van der Waals surface area contributed by atoms with E-state index in [1.165, 1.54) is 0 Å². The van der Waals surface area contributed by atoms with Gasteiger partial charge in [0.25, 0.3) is 0 Å². The van der Waals surface area contributed by atoms with Gasteiger partial charge in [0.2, 0.25) is 0 Å². The third-order valence-electron chi connectivity index (χ3n) is 3.86. The zero-order valence-corrected chi connectivity index (χ0v) is 12.3. The molecule has 0 aliphatic carbocycles. The molecule has 2 amide bonds. The van der Waals surface area contributed by atoms with E-state index in [4.69, 9.17) is 5.11 Å². The highest BCUT2D eigenvalue weighted by molar-refractivity contribution is 5.76. The monoisotopic (exact) mass is 286 g/mol. The van der Waals surface area contributed by atoms with Gasteiger partial charge in [-0.2, -0.15) is 0 Å². The lowest BCUT2D eigenvalue weighted by atomic mass is 10.0. The molecule has 2 unspecified atom stereocenters. The molecular formula is C14H26N2O4. The van der Waals surface area contributed by atoms with Crippen LogP contribution in [0.2, 0.25) is 0 Å². The molecule has 1 saturated heterocycles. The van der Waals surface area contributed by atoms with Crippen molar-refractivity contribution in [2.24, 2.45) is 5.92 Å². The first-order valence-corrected chi connectivity index (χ1v) is 7.35. The Labute approximate surface area is 120 Å². The van der Waals surface area contributed by atoms with Crippen LogP contribution in [-0.4, -0.2) is 52.3 Å². The number of aliphatic hydroxyl groups excluding tert-OH is 1. The van der Waals surface area contributed by atoms with E-state index in [0.29, 0.717) is 6.54 Å². The van der Waals surface area contributed by atoms with Crippen LogP contribution in [0.1, 0.15) is 46.0 Å². The number of carboxylic acid groups (broad SMARTS) is 1. The Bertz CT molecular complexity index is 333. The van der Waals surface area contributed by atoms with Crippen LogP contribution in [0, 0.1) is 5.92 Å². The summed E-state index contributed by atoms with van der Waals surface area (Å²) in [5.74, 6) is -0.867. The lowest BCUT2D eigenvalue weighted by molar-refractivity contribution is -0.137. The molecule has 1 rings (SSSR count). The lowest BCUT2D eigenvalue weighted by Gasteiger charge is -2.31. The summed E-state index contributed by atoms with van der Waals surface area (Å²) in [5.41, 5.74) is 0. The molecule has 6 heteroatoms. The summed E-state index contributed by atoms with van der Waals surface area (Å²) in [4.78, 5) is 24.8. The number of amides is 2. The number of hydrogen-bond donors (Lipinski definition) is 3. The number of urea groups is 1. The normalized spacial score (nSPS) is 21.4. The summed E-state index contributed by atoms with van der Waals surface area (Å²) < 4.78 is 0. The zero-order chi connectivity index (χ0) is 15.1. The minimum Gasteiger partial charge on any atom is -0.481 e. The van der Waals surface area contributed by atoms with Gasteiger partial charge in [0.15, 0.2) is 0 Å². The zero-order valence-electron chi connectivity index (χ0n) is 12.3. The van der Waals surface area contributed by atoms with Gasteiger partial charge in [-0.1, -0.05) is 26.7 Å². The number of nitrogens with one attached hydrogen (secondary N) is 1. The smallest absolute Gasteiger partial charge is 0.317 e. The van der Waals surface area contributed by atoms with Gasteiger partial charge in [0.1, 0.15) is 0 Å². The largest absolute Gasteiger partial charge is 0.481 e. The first-order chi connectivity index (χ1) is 9.45. The van der Waals surface area contributed by atoms with Gasteiger partial charge in [-0.25, -0.2) is 4.79 Å². The first kappa shape index (κ1) is 16.8. The van der Waals surface area contributed by atoms with E-state index in [2.05, 4.69) is 5.32 Å². The quantitative estimate of drug-likeness (QED) is 0.713. The third kappa shape index (κ3) is 5.00. The number of rotatable bonds is 5. The van der Waals surface area contributed by atoms with E-state index in [1.54, 1.807) is 4.90 Å². The molecule has 2 atom stereocenters. The Balaban J connectivity index is 2.67.